The summed E-state index contributed by atoms with van der Waals surface area (Å²) >= 11 is 0. The van der Waals surface area contributed by atoms with Crippen LogP contribution in [0.4, 0.5) is 13.2 Å². The van der Waals surface area contributed by atoms with Crippen molar-refractivity contribution in [3.63, 3.8) is 0 Å². The van der Waals surface area contributed by atoms with E-state index in [-0.39, 0.29) is 28.5 Å². The minimum absolute atomic E-state index is 0.0533. The van der Waals surface area contributed by atoms with E-state index < -0.39 is 48.8 Å². The van der Waals surface area contributed by atoms with E-state index in [0.29, 0.717) is 24.9 Å². The van der Waals surface area contributed by atoms with E-state index in [0.717, 1.165) is 12.8 Å². The average Bonchev–Trinajstić information content (AvgIpc) is 3.46. The van der Waals surface area contributed by atoms with Crippen LogP contribution in [0, 0.1) is 11.8 Å². The summed E-state index contributed by atoms with van der Waals surface area (Å²) in [5.41, 5.74) is 5.21. The molecule has 10 heteroatoms. The lowest BCUT2D eigenvalue weighted by atomic mass is 9.89. The molecular formula is C21H29F3N4O3. The Morgan fingerprint density at radius 3 is 2.48 bits per heavy atom. The van der Waals surface area contributed by atoms with E-state index in [4.69, 9.17) is 10.5 Å². The quantitative estimate of drug-likeness (QED) is 0.606. The molecule has 0 amide bonds. The maximum absolute atomic E-state index is 15.7. The fourth-order valence-electron chi connectivity index (χ4n) is 5.07. The average molecular weight is 442 g/mol. The molecule has 0 spiro atoms. The van der Waals surface area contributed by atoms with E-state index in [1.807, 2.05) is 4.90 Å². The molecule has 2 heterocycles. The van der Waals surface area contributed by atoms with E-state index in [9.17, 15) is 18.4 Å². The molecule has 1 saturated heterocycles. The summed E-state index contributed by atoms with van der Waals surface area (Å²) in [6.45, 7) is 0.711. The topological polar surface area (TPSA) is 93.3 Å². The van der Waals surface area contributed by atoms with Crippen LogP contribution < -0.4 is 27.6 Å². The maximum Gasteiger partial charge on any atom is 0.329 e. The van der Waals surface area contributed by atoms with Crippen LogP contribution in [0.3, 0.4) is 0 Å². The van der Waals surface area contributed by atoms with Gasteiger partial charge < -0.3 is 10.5 Å². The molecule has 1 aromatic rings. The van der Waals surface area contributed by atoms with Gasteiger partial charge in [0.15, 0.2) is 0 Å². The lowest BCUT2D eigenvalue weighted by Gasteiger charge is -2.35. The van der Waals surface area contributed by atoms with Gasteiger partial charge in [0.25, 0.3) is 5.56 Å². The van der Waals surface area contributed by atoms with Crippen molar-refractivity contribution in [3.8, 4) is 0 Å². The summed E-state index contributed by atoms with van der Waals surface area (Å²) in [5.74, 6) is -0.825. The summed E-state index contributed by atoms with van der Waals surface area (Å²) in [6.07, 6.45) is 0.648. The summed E-state index contributed by atoms with van der Waals surface area (Å²) < 4.78 is 49.1. The number of nitrogens with one attached hydrogen (secondary N) is 1. The Hall–Kier alpha value is -2.07. The first-order valence-corrected chi connectivity index (χ1v) is 10.7. The second kappa shape index (κ2) is 8.46. The molecule has 3 N–H and O–H groups in total. The predicted octanol–water partition coefficient (Wildman–Crippen LogP) is -0.279. The van der Waals surface area contributed by atoms with Crippen molar-refractivity contribution in [2.75, 3.05) is 33.5 Å². The number of nitrogens with two attached hydrogens (primary N) is 1. The summed E-state index contributed by atoms with van der Waals surface area (Å²) in [4.78, 5) is 29.3. The van der Waals surface area contributed by atoms with Crippen molar-refractivity contribution in [2.45, 2.75) is 50.5 Å². The molecule has 1 aliphatic heterocycles. The second-order valence-corrected chi connectivity index (χ2v) is 8.87. The van der Waals surface area contributed by atoms with Gasteiger partial charge >= 0.3 is 5.69 Å². The Labute approximate surface area is 177 Å². The largest absolute Gasteiger partial charge is 0.497 e. The molecule has 2 fully saturated rings. The van der Waals surface area contributed by atoms with Crippen molar-refractivity contribution in [1.82, 2.24) is 14.5 Å². The molecule has 2 aliphatic carbocycles. The van der Waals surface area contributed by atoms with E-state index in [2.05, 4.69) is 4.98 Å². The van der Waals surface area contributed by atoms with E-state index >= 15 is 4.39 Å². The van der Waals surface area contributed by atoms with Gasteiger partial charge in [0.05, 0.1) is 31.0 Å². The SMILES string of the molecule is COC1=c2c(c(=O)[nH]c(=O)n2C2CC2)=C(C)C(F)C1N1CCC(C(N)C(CF)CF)C1. The number of H-pyrrole nitrogens is 1. The number of halogens is 3. The van der Waals surface area contributed by atoms with Crippen molar-refractivity contribution < 1.29 is 17.9 Å². The predicted molar refractivity (Wildman–Crippen MR) is 110 cm³/mol. The van der Waals surface area contributed by atoms with Gasteiger partial charge in [-0.3, -0.25) is 28.0 Å². The first-order chi connectivity index (χ1) is 14.8. The zero-order valence-corrected chi connectivity index (χ0v) is 17.7. The fourth-order valence-corrected chi connectivity index (χ4v) is 5.07. The Balaban J connectivity index is 1.80. The number of nitrogens with zero attached hydrogens (tertiary/aromatic N) is 2. The van der Waals surface area contributed by atoms with Crippen LogP contribution in [-0.2, 0) is 4.74 Å². The first-order valence-electron chi connectivity index (χ1n) is 10.7. The van der Waals surface area contributed by atoms with E-state index in [1.54, 1.807) is 6.92 Å². The maximum atomic E-state index is 15.7. The van der Waals surface area contributed by atoms with Crippen LogP contribution in [0.1, 0.15) is 32.2 Å². The molecular weight excluding hydrogens is 413 g/mol. The highest BCUT2D eigenvalue weighted by Gasteiger charge is 2.43. The molecule has 4 atom stereocenters. The smallest absolute Gasteiger partial charge is 0.329 e. The number of rotatable bonds is 7. The summed E-state index contributed by atoms with van der Waals surface area (Å²) in [5, 5.41) is 0.489. The highest BCUT2D eigenvalue weighted by molar-refractivity contribution is 5.60. The molecule has 0 bridgehead atoms. The number of likely N-dealkylation sites (tertiary alicyclic amines) is 1. The molecule has 7 nitrogen and oxygen atoms in total. The van der Waals surface area contributed by atoms with Gasteiger partial charge in [-0.05, 0) is 44.2 Å². The normalized spacial score (nSPS) is 27.6. The number of aromatic nitrogens is 2. The lowest BCUT2D eigenvalue weighted by molar-refractivity contribution is 0.151. The monoisotopic (exact) mass is 442 g/mol. The molecule has 1 aromatic heterocycles. The Kier molecular flexibility index (Phi) is 6.04. The zero-order chi connectivity index (χ0) is 22.4. The number of aromatic amines is 1. The molecule has 1 saturated carbocycles. The number of hydrogen-bond acceptors (Lipinski definition) is 5. The van der Waals surface area contributed by atoms with Crippen LogP contribution in [0.25, 0.3) is 11.3 Å². The van der Waals surface area contributed by atoms with E-state index in [1.165, 1.54) is 11.7 Å². The van der Waals surface area contributed by atoms with Gasteiger partial charge in [-0.15, -0.1) is 0 Å². The van der Waals surface area contributed by atoms with Gasteiger partial charge in [-0.1, -0.05) is 0 Å². The van der Waals surface area contributed by atoms with Crippen molar-refractivity contribution in [1.29, 1.82) is 0 Å². The third-order valence-corrected chi connectivity index (χ3v) is 7.00. The standard InChI is InChI=1S/C21H29F3N4O3/c1-10-14-17(28(13-3-4-13)21(30)26-20(14)29)19(31-2)18(15(10)24)27-6-5-11(9-27)16(25)12(7-22)8-23/h11-13,15-16,18H,3-9,25H2,1-2H3,(H,26,29,30). The molecule has 172 valence electrons. The second-order valence-electron chi connectivity index (χ2n) is 8.87. The zero-order valence-electron chi connectivity index (χ0n) is 17.7. The first kappa shape index (κ1) is 22.1. The van der Waals surface area contributed by atoms with Crippen LogP contribution in [0.2, 0.25) is 0 Å². The Morgan fingerprint density at radius 2 is 1.90 bits per heavy atom. The number of methoxy groups -OCH3 is 1. The number of hydrogen-bond donors (Lipinski definition) is 2. The number of fused-ring (bicyclic) bond motifs is 1. The third-order valence-electron chi connectivity index (χ3n) is 7.00. The fraction of sp³-hybridized carbons (Fsp3) is 0.714. The minimum atomic E-state index is -1.53. The highest BCUT2D eigenvalue weighted by atomic mass is 19.1. The molecule has 4 unspecified atom stereocenters. The molecule has 0 radical (unpaired) electrons. The molecule has 31 heavy (non-hydrogen) atoms. The van der Waals surface area contributed by atoms with Gasteiger partial charge in [-0.2, -0.15) is 0 Å². The van der Waals surface area contributed by atoms with Gasteiger partial charge in [0.2, 0.25) is 0 Å². The molecule has 0 aromatic carbocycles. The van der Waals surface area contributed by atoms with Crippen molar-refractivity contribution in [3.05, 3.63) is 31.4 Å². The Morgan fingerprint density at radius 1 is 1.23 bits per heavy atom. The molecule has 3 aliphatic rings. The van der Waals surface area contributed by atoms with Crippen molar-refractivity contribution >= 4 is 11.3 Å². The van der Waals surface area contributed by atoms with Gasteiger partial charge in [-0.25, -0.2) is 9.18 Å². The van der Waals surface area contributed by atoms with Crippen LogP contribution in [-0.4, -0.2) is 66.3 Å². The third kappa shape index (κ3) is 3.63. The molecule has 4 rings (SSSR count). The lowest BCUT2D eigenvalue weighted by Crippen LogP contribution is -2.62. The summed E-state index contributed by atoms with van der Waals surface area (Å²) in [7, 11) is 1.41. The van der Waals surface area contributed by atoms with Crippen molar-refractivity contribution in [2.24, 2.45) is 17.6 Å². The number of ether oxygens (including phenoxy) is 1. The van der Waals surface area contributed by atoms with Crippen LogP contribution in [0.15, 0.2) is 9.59 Å². The summed E-state index contributed by atoms with van der Waals surface area (Å²) in [6, 6.07) is -1.56. The number of alkyl halides is 3. The van der Waals surface area contributed by atoms with Crippen LogP contribution in [0.5, 0.6) is 0 Å². The van der Waals surface area contributed by atoms with Gasteiger partial charge in [0.1, 0.15) is 18.0 Å². The van der Waals surface area contributed by atoms with Crippen LogP contribution >= 0.6 is 0 Å². The Bertz CT molecular complexity index is 1080. The minimum Gasteiger partial charge on any atom is -0.497 e. The van der Waals surface area contributed by atoms with Gasteiger partial charge in [0, 0.05) is 24.5 Å². The highest BCUT2D eigenvalue weighted by Crippen LogP contribution is 2.34.